The Kier molecular flexibility index (Phi) is 3.99. The molecule has 0 saturated carbocycles. The van der Waals surface area contributed by atoms with E-state index in [0.29, 0.717) is 4.99 Å². The van der Waals surface area contributed by atoms with Crippen LogP contribution in [0, 0.1) is 6.92 Å². The van der Waals surface area contributed by atoms with Crippen LogP contribution in [-0.4, -0.2) is 4.99 Å². The first-order chi connectivity index (χ1) is 8.56. The van der Waals surface area contributed by atoms with Crippen LogP contribution in [0.2, 0.25) is 0 Å². The molecule has 0 amide bonds. The maximum atomic E-state index is 5.73. The Morgan fingerprint density at radius 3 is 2.28 bits per heavy atom. The van der Waals surface area contributed by atoms with Crippen molar-refractivity contribution in [1.29, 1.82) is 0 Å². The van der Waals surface area contributed by atoms with Gasteiger partial charge in [-0.3, -0.25) is 0 Å². The molecule has 0 aliphatic heterocycles. The Morgan fingerprint density at radius 1 is 1.11 bits per heavy atom. The molecule has 0 heterocycles. The number of hydrogen-bond donors (Lipinski definition) is 1. The number of nitrogens with two attached hydrogens (primary N) is 1. The minimum absolute atomic E-state index is 0.365. The highest BCUT2D eigenvalue weighted by molar-refractivity contribution is 9.10. The lowest BCUT2D eigenvalue weighted by molar-refractivity contribution is 0.482. The molecule has 0 spiro atoms. The molecule has 0 aliphatic carbocycles. The Hall–Kier alpha value is -1.39. The van der Waals surface area contributed by atoms with E-state index in [9.17, 15) is 0 Å². The number of halogens is 1. The lowest BCUT2D eigenvalue weighted by atomic mass is 10.2. The van der Waals surface area contributed by atoms with Gasteiger partial charge in [0.1, 0.15) is 16.5 Å². The zero-order chi connectivity index (χ0) is 13.1. The summed E-state index contributed by atoms with van der Waals surface area (Å²) >= 11 is 8.37. The van der Waals surface area contributed by atoms with Crippen molar-refractivity contribution in [1.82, 2.24) is 0 Å². The molecule has 2 aromatic carbocycles. The predicted molar refractivity (Wildman–Crippen MR) is 81.3 cm³/mol. The monoisotopic (exact) mass is 321 g/mol. The first-order valence-corrected chi connectivity index (χ1v) is 6.60. The van der Waals surface area contributed by atoms with E-state index in [1.165, 1.54) is 5.56 Å². The standard InChI is InChI=1S/C14H12BrNOS/c1-9-2-4-10(5-3-9)17-11-6-7-12(14(16)18)13(15)8-11/h2-8H,1H3,(H2,16,18). The smallest absolute Gasteiger partial charge is 0.128 e. The number of aryl methyl sites for hydroxylation is 1. The maximum Gasteiger partial charge on any atom is 0.128 e. The van der Waals surface area contributed by atoms with Crippen LogP contribution in [0.3, 0.4) is 0 Å². The highest BCUT2D eigenvalue weighted by atomic mass is 79.9. The molecule has 0 bridgehead atoms. The highest BCUT2D eigenvalue weighted by Crippen LogP contribution is 2.27. The lowest BCUT2D eigenvalue weighted by Gasteiger charge is -2.08. The van der Waals surface area contributed by atoms with Crippen molar-refractivity contribution in [2.75, 3.05) is 0 Å². The third kappa shape index (κ3) is 3.09. The quantitative estimate of drug-likeness (QED) is 0.861. The molecule has 0 atom stereocenters. The first-order valence-electron chi connectivity index (χ1n) is 5.40. The van der Waals surface area contributed by atoms with Crippen LogP contribution < -0.4 is 10.5 Å². The number of thiocarbonyl (C=S) groups is 1. The normalized spacial score (nSPS) is 10.1. The predicted octanol–water partition coefficient (Wildman–Crippen LogP) is 4.18. The van der Waals surface area contributed by atoms with Crippen LogP contribution in [0.1, 0.15) is 11.1 Å². The Balaban J connectivity index is 2.22. The maximum absolute atomic E-state index is 5.73. The van der Waals surface area contributed by atoms with E-state index in [0.717, 1.165) is 21.5 Å². The summed E-state index contributed by atoms with van der Waals surface area (Å²) in [5.74, 6) is 1.54. The fourth-order valence-electron chi connectivity index (χ4n) is 1.50. The lowest BCUT2D eigenvalue weighted by Crippen LogP contribution is -2.09. The van der Waals surface area contributed by atoms with Gasteiger partial charge in [0, 0.05) is 10.0 Å². The van der Waals surface area contributed by atoms with E-state index in [-0.39, 0.29) is 0 Å². The Bertz CT molecular complexity index is 581. The minimum atomic E-state index is 0.365. The van der Waals surface area contributed by atoms with Crippen molar-refractivity contribution < 1.29 is 4.74 Å². The van der Waals surface area contributed by atoms with Gasteiger partial charge >= 0.3 is 0 Å². The molecular formula is C14H12BrNOS. The molecule has 2 rings (SSSR count). The van der Waals surface area contributed by atoms with Gasteiger partial charge in [0.15, 0.2) is 0 Å². The van der Waals surface area contributed by atoms with E-state index in [2.05, 4.69) is 15.9 Å². The van der Waals surface area contributed by atoms with Gasteiger partial charge < -0.3 is 10.5 Å². The summed E-state index contributed by atoms with van der Waals surface area (Å²) in [6.45, 7) is 2.04. The third-order valence-electron chi connectivity index (χ3n) is 2.46. The van der Waals surface area contributed by atoms with Crippen LogP contribution in [0.5, 0.6) is 11.5 Å². The molecule has 2 N–H and O–H groups in total. The summed E-state index contributed by atoms with van der Waals surface area (Å²) in [7, 11) is 0. The largest absolute Gasteiger partial charge is 0.457 e. The zero-order valence-electron chi connectivity index (χ0n) is 9.81. The van der Waals surface area contributed by atoms with Crippen LogP contribution in [0.4, 0.5) is 0 Å². The molecule has 92 valence electrons. The van der Waals surface area contributed by atoms with Crippen molar-refractivity contribution >= 4 is 33.1 Å². The second-order valence-electron chi connectivity index (χ2n) is 3.92. The summed E-state index contributed by atoms with van der Waals surface area (Å²) in [5, 5.41) is 0. The summed E-state index contributed by atoms with van der Waals surface area (Å²) in [6.07, 6.45) is 0. The second kappa shape index (κ2) is 5.50. The van der Waals surface area contributed by atoms with E-state index < -0.39 is 0 Å². The average molecular weight is 322 g/mol. The van der Waals surface area contributed by atoms with Gasteiger partial charge in [-0.15, -0.1) is 0 Å². The van der Waals surface area contributed by atoms with E-state index in [1.54, 1.807) is 0 Å². The summed E-state index contributed by atoms with van der Waals surface area (Å²) in [4.78, 5) is 0.365. The van der Waals surface area contributed by atoms with Crippen LogP contribution in [-0.2, 0) is 0 Å². The zero-order valence-corrected chi connectivity index (χ0v) is 12.2. The molecule has 0 saturated heterocycles. The molecule has 2 aromatic rings. The van der Waals surface area contributed by atoms with Gasteiger partial charge in [-0.1, -0.05) is 29.9 Å². The molecule has 4 heteroatoms. The highest BCUT2D eigenvalue weighted by Gasteiger charge is 2.05. The fourth-order valence-corrected chi connectivity index (χ4v) is 2.38. The fraction of sp³-hybridized carbons (Fsp3) is 0.0714. The molecule has 18 heavy (non-hydrogen) atoms. The summed E-state index contributed by atoms with van der Waals surface area (Å²) in [6, 6.07) is 13.4. The molecule has 2 nitrogen and oxygen atoms in total. The third-order valence-corrected chi connectivity index (χ3v) is 3.34. The van der Waals surface area contributed by atoms with E-state index >= 15 is 0 Å². The average Bonchev–Trinajstić information content (AvgIpc) is 2.32. The van der Waals surface area contributed by atoms with Crippen molar-refractivity contribution in [3.05, 3.63) is 58.1 Å². The summed E-state index contributed by atoms with van der Waals surface area (Å²) < 4.78 is 6.57. The van der Waals surface area contributed by atoms with Crippen molar-refractivity contribution in [2.45, 2.75) is 6.92 Å². The van der Waals surface area contributed by atoms with Gasteiger partial charge in [-0.25, -0.2) is 0 Å². The van der Waals surface area contributed by atoms with Gasteiger partial charge in [-0.2, -0.15) is 0 Å². The SMILES string of the molecule is Cc1ccc(Oc2ccc(C(N)=S)c(Br)c2)cc1. The Labute approximate surface area is 120 Å². The van der Waals surface area contributed by atoms with E-state index in [4.69, 9.17) is 22.7 Å². The number of ether oxygens (including phenoxy) is 1. The molecule has 0 unspecified atom stereocenters. The minimum Gasteiger partial charge on any atom is -0.457 e. The van der Waals surface area contributed by atoms with Gasteiger partial charge in [0.25, 0.3) is 0 Å². The molecule has 0 radical (unpaired) electrons. The topological polar surface area (TPSA) is 35.2 Å². The second-order valence-corrected chi connectivity index (χ2v) is 5.22. The summed E-state index contributed by atoms with van der Waals surface area (Å²) in [5.41, 5.74) is 7.60. The van der Waals surface area contributed by atoms with E-state index in [1.807, 2.05) is 49.4 Å². The molecular weight excluding hydrogens is 310 g/mol. The Morgan fingerprint density at radius 2 is 1.72 bits per heavy atom. The van der Waals surface area contributed by atoms with Crippen LogP contribution in [0.25, 0.3) is 0 Å². The van der Waals surface area contributed by atoms with Gasteiger partial charge in [0.05, 0.1) is 0 Å². The van der Waals surface area contributed by atoms with Gasteiger partial charge in [0.2, 0.25) is 0 Å². The molecule has 0 fully saturated rings. The number of hydrogen-bond acceptors (Lipinski definition) is 2. The van der Waals surface area contributed by atoms with Crippen LogP contribution >= 0.6 is 28.1 Å². The number of benzene rings is 2. The molecule has 0 aliphatic rings. The van der Waals surface area contributed by atoms with Crippen molar-refractivity contribution in [3.8, 4) is 11.5 Å². The molecule has 0 aromatic heterocycles. The number of rotatable bonds is 3. The van der Waals surface area contributed by atoms with Crippen molar-refractivity contribution in [3.63, 3.8) is 0 Å². The van der Waals surface area contributed by atoms with Gasteiger partial charge in [-0.05, 0) is 53.2 Å². The van der Waals surface area contributed by atoms with Crippen LogP contribution in [0.15, 0.2) is 46.9 Å². The van der Waals surface area contributed by atoms with Crippen molar-refractivity contribution in [2.24, 2.45) is 5.73 Å². The first kappa shape index (κ1) is 13.1.